The standard InChI is InChI=1S/C18H22BNO4S2/c1-11-9-10-25-14(11)12-7-8-13(26-12)19-20(6,17(2,3)15(21)23-19)18(4,5)16(22)24-19/h7-10H,1-6H3. The molecule has 138 valence electrons. The summed E-state index contributed by atoms with van der Waals surface area (Å²) in [4.78, 5) is 27.8. The molecule has 2 aromatic heterocycles. The van der Waals surface area contributed by atoms with Gasteiger partial charge in [0.15, 0.2) is 11.1 Å². The van der Waals surface area contributed by atoms with Crippen LogP contribution in [0.4, 0.5) is 0 Å². The quantitative estimate of drug-likeness (QED) is 0.739. The number of carbonyl (C=O) groups excluding carboxylic acids is 2. The fraction of sp³-hybridized carbons (Fsp3) is 0.444. The molecule has 0 radical (unpaired) electrons. The second-order valence-corrected chi connectivity index (χ2v) is 10.3. The predicted molar refractivity (Wildman–Crippen MR) is 104 cm³/mol. The van der Waals surface area contributed by atoms with E-state index < -0.39 is 17.8 Å². The van der Waals surface area contributed by atoms with Gasteiger partial charge in [-0.25, -0.2) is 9.59 Å². The molecule has 0 spiro atoms. The third-order valence-electron chi connectivity index (χ3n) is 6.61. The molecule has 0 aromatic carbocycles. The highest BCUT2D eigenvalue weighted by Crippen LogP contribution is 2.52. The second kappa shape index (κ2) is 5.00. The van der Waals surface area contributed by atoms with Gasteiger partial charge in [0.1, 0.15) is 0 Å². The number of hydrogen-bond donors (Lipinski definition) is 0. The Hall–Kier alpha value is -1.64. The first-order valence-corrected chi connectivity index (χ1v) is 10.3. The van der Waals surface area contributed by atoms with Gasteiger partial charge in [-0.05, 0) is 57.7 Å². The monoisotopic (exact) mass is 391 g/mol. The van der Waals surface area contributed by atoms with Gasteiger partial charge in [-0.3, -0.25) is 0 Å². The highest BCUT2D eigenvalue weighted by atomic mass is 32.1. The van der Waals surface area contributed by atoms with Crippen LogP contribution in [0, 0.1) is 6.92 Å². The summed E-state index contributed by atoms with van der Waals surface area (Å²) in [5.74, 6) is -0.661. The minimum atomic E-state index is -2.29. The molecule has 0 amide bonds. The van der Waals surface area contributed by atoms with E-state index >= 15 is 0 Å². The van der Waals surface area contributed by atoms with Gasteiger partial charge in [0.2, 0.25) is 0 Å². The van der Waals surface area contributed by atoms with E-state index in [2.05, 4.69) is 18.4 Å². The predicted octanol–water partition coefficient (Wildman–Crippen LogP) is 3.05. The highest BCUT2D eigenvalue weighted by Gasteiger charge is 2.80. The Labute approximate surface area is 161 Å². The van der Waals surface area contributed by atoms with Crippen molar-refractivity contribution in [1.29, 1.82) is 0 Å². The van der Waals surface area contributed by atoms with Crippen molar-refractivity contribution in [2.75, 3.05) is 7.05 Å². The van der Waals surface area contributed by atoms with Crippen LogP contribution in [-0.2, 0) is 18.9 Å². The smallest absolute Gasteiger partial charge is 0.595 e. The number of likely N-dealkylation sites (N-methyl/N-ethyl adjacent to an activating group) is 1. The second-order valence-electron chi connectivity index (χ2n) is 8.31. The molecule has 0 saturated carbocycles. The number of rotatable bonds is 2. The van der Waals surface area contributed by atoms with Gasteiger partial charge in [0.05, 0.1) is 0 Å². The van der Waals surface area contributed by atoms with Crippen LogP contribution in [0.5, 0.6) is 0 Å². The van der Waals surface area contributed by atoms with E-state index in [1.54, 1.807) is 22.7 Å². The first-order valence-electron chi connectivity index (χ1n) is 8.61. The lowest BCUT2D eigenvalue weighted by Crippen LogP contribution is -2.77. The summed E-state index contributed by atoms with van der Waals surface area (Å²) < 4.78 is 12.7. The van der Waals surface area contributed by atoms with E-state index in [0.29, 0.717) is 0 Å². The Balaban J connectivity index is 1.93. The minimum absolute atomic E-state index is 0.0983. The maximum absolute atomic E-state index is 12.8. The fourth-order valence-electron chi connectivity index (χ4n) is 4.41. The number of hydrogen-bond acceptors (Lipinski definition) is 6. The number of carbonyl (C=O) groups is 2. The van der Waals surface area contributed by atoms with Crippen molar-refractivity contribution in [3.8, 4) is 9.75 Å². The molecule has 4 rings (SSSR count). The molecule has 0 unspecified atom stereocenters. The zero-order valence-electron chi connectivity index (χ0n) is 15.8. The zero-order chi connectivity index (χ0) is 19.1. The Morgan fingerprint density at radius 3 is 2.08 bits per heavy atom. The third kappa shape index (κ3) is 1.75. The van der Waals surface area contributed by atoms with Crippen molar-refractivity contribution in [2.24, 2.45) is 0 Å². The molecule has 26 heavy (non-hydrogen) atoms. The zero-order valence-corrected chi connectivity index (χ0v) is 17.4. The fourth-order valence-corrected chi connectivity index (χ4v) is 6.76. The molecule has 4 heterocycles. The van der Waals surface area contributed by atoms with E-state index in [-0.39, 0.29) is 16.3 Å². The number of nitrogens with zero attached hydrogens (tertiary/aromatic N) is 1. The van der Waals surface area contributed by atoms with Crippen LogP contribution in [0.1, 0.15) is 33.3 Å². The Kier molecular flexibility index (Phi) is 3.41. The first kappa shape index (κ1) is 17.8. The molecule has 2 aromatic rings. The van der Waals surface area contributed by atoms with Crippen molar-refractivity contribution in [3.63, 3.8) is 0 Å². The van der Waals surface area contributed by atoms with Crippen molar-refractivity contribution in [3.05, 3.63) is 29.1 Å². The van der Waals surface area contributed by atoms with E-state index in [1.165, 1.54) is 10.4 Å². The van der Waals surface area contributed by atoms with E-state index in [4.69, 9.17) is 9.31 Å². The van der Waals surface area contributed by atoms with Gasteiger partial charge >= 0.3 is 18.6 Å². The van der Waals surface area contributed by atoms with Crippen molar-refractivity contribution in [2.45, 2.75) is 45.7 Å². The lowest BCUT2D eigenvalue weighted by molar-refractivity contribution is -0.885. The van der Waals surface area contributed by atoms with Gasteiger partial charge in [-0.15, -0.1) is 11.3 Å². The maximum Gasteiger partial charge on any atom is 0.625 e. The minimum Gasteiger partial charge on any atom is -0.595 e. The maximum atomic E-state index is 12.8. The van der Waals surface area contributed by atoms with Crippen LogP contribution < -0.4 is 4.78 Å². The van der Waals surface area contributed by atoms with Crippen LogP contribution in [0.3, 0.4) is 0 Å². The summed E-state index contributed by atoms with van der Waals surface area (Å²) in [6.07, 6.45) is 0. The number of fused-ring (bicyclic) bond motifs is 1. The summed E-state index contributed by atoms with van der Waals surface area (Å²) in [6.45, 7) is 7.12. The molecular weight excluding hydrogens is 369 g/mol. The number of quaternary nitrogens is 1. The molecule has 0 bridgehead atoms. The average Bonchev–Trinajstić information content (AvgIpc) is 3.25. The molecule has 2 saturated heterocycles. The lowest BCUT2D eigenvalue weighted by atomic mass is 9.62. The molecule has 2 aliphatic rings. The first-order chi connectivity index (χ1) is 12.0. The summed E-state index contributed by atoms with van der Waals surface area (Å²) in [6, 6.07) is 6.05. The van der Waals surface area contributed by atoms with Crippen molar-refractivity contribution >= 4 is 46.1 Å². The normalized spacial score (nSPS) is 31.6. The molecule has 0 aliphatic carbocycles. The number of thiophene rings is 2. The number of aryl methyl sites for hydroxylation is 1. The molecule has 2 fully saturated rings. The van der Waals surface area contributed by atoms with E-state index in [9.17, 15) is 9.59 Å². The molecule has 8 heteroatoms. The summed E-state index contributed by atoms with van der Waals surface area (Å²) in [5, 5.41) is 2.06. The molecule has 2 aliphatic heterocycles. The Morgan fingerprint density at radius 2 is 1.58 bits per heavy atom. The summed E-state index contributed by atoms with van der Waals surface area (Å²) >= 11 is 3.22. The van der Waals surface area contributed by atoms with Crippen molar-refractivity contribution in [1.82, 2.24) is 0 Å². The topological polar surface area (TPSA) is 52.6 Å². The van der Waals surface area contributed by atoms with Crippen LogP contribution >= 0.6 is 22.7 Å². The summed E-state index contributed by atoms with van der Waals surface area (Å²) in [7, 11) is 1.91. The molecular formula is C18H22BNO4S2. The summed E-state index contributed by atoms with van der Waals surface area (Å²) in [5.41, 5.74) is -0.574. The van der Waals surface area contributed by atoms with Crippen LogP contribution in [0.25, 0.3) is 9.75 Å². The van der Waals surface area contributed by atoms with Gasteiger partial charge in [-0.1, -0.05) is 6.07 Å². The van der Waals surface area contributed by atoms with Gasteiger partial charge in [0.25, 0.3) is 0 Å². The molecule has 5 nitrogen and oxygen atoms in total. The average molecular weight is 391 g/mol. The van der Waals surface area contributed by atoms with Gasteiger partial charge < -0.3 is 13.7 Å². The Bertz CT molecular complexity index is 913. The van der Waals surface area contributed by atoms with Crippen LogP contribution in [0.2, 0.25) is 0 Å². The van der Waals surface area contributed by atoms with Crippen LogP contribution in [0.15, 0.2) is 23.6 Å². The Morgan fingerprint density at radius 1 is 1.00 bits per heavy atom. The van der Waals surface area contributed by atoms with E-state index in [0.717, 1.165) is 9.65 Å². The molecule has 0 N–H and O–H groups in total. The molecule has 0 atom stereocenters. The lowest BCUT2D eigenvalue weighted by Gasteiger charge is -2.54. The van der Waals surface area contributed by atoms with Gasteiger partial charge in [-0.2, -0.15) is 11.3 Å². The largest absolute Gasteiger partial charge is 0.625 e. The van der Waals surface area contributed by atoms with Gasteiger partial charge in [0, 0.05) is 21.6 Å². The third-order valence-corrected chi connectivity index (χ3v) is 9.02. The highest BCUT2D eigenvalue weighted by molar-refractivity contribution is 7.29. The van der Waals surface area contributed by atoms with E-state index in [1.807, 2.05) is 46.9 Å². The van der Waals surface area contributed by atoms with Crippen molar-refractivity contribution < 1.29 is 23.3 Å². The SMILES string of the molecule is Cc1ccsc1-c1ccc([B-]23OC(=O)C(C)(C)[N+]2(C)C(C)(C)C(=O)O3)s1. The van der Waals surface area contributed by atoms with Crippen LogP contribution in [-0.4, -0.2) is 41.1 Å².